The number of pyridine rings is 1. The van der Waals surface area contributed by atoms with Crippen LogP contribution in [0.25, 0.3) is 112 Å². The first-order chi connectivity index (χ1) is 30.7. The first kappa shape index (κ1) is 35.5. The molecule has 0 fully saturated rings. The summed E-state index contributed by atoms with van der Waals surface area (Å²) in [5.41, 5.74) is 13.5. The zero-order valence-corrected chi connectivity index (χ0v) is 33.5. The summed E-state index contributed by atoms with van der Waals surface area (Å²) in [5.74, 6) is 1.74. The summed E-state index contributed by atoms with van der Waals surface area (Å²) < 4.78 is 4.59. The molecule has 0 atom stereocenters. The summed E-state index contributed by atoms with van der Waals surface area (Å²) in [4.78, 5) is 20.7. The first-order valence-electron chi connectivity index (χ1n) is 20.8. The van der Waals surface area contributed by atoms with Crippen molar-refractivity contribution in [3.05, 3.63) is 218 Å². The molecule has 0 aliphatic rings. The number of rotatable bonds is 7. The van der Waals surface area contributed by atoms with Gasteiger partial charge in [-0.1, -0.05) is 170 Å². The normalized spacial score (nSPS) is 11.5. The molecule has 0 N–H and O–H groups in total. The van der Waals surface area contributed by atoms with Gasteiger partial charge in [-0.2, -0.15) is 9.97 Å². The van der Waals surface area contributed by atoms with E-state index in [0.717, 1.165) is 72.2 Å². The number of para-hydroxylation sites is 2. The minimum absolute atomic E-state index is 0.550. The van der Waals surface area contributed by atoms with Gasteiger partial charge < -0.3 is 4.57 Å². The molecule has 0 amide bonds. The van der Waals surface area contributed by atoms with Crippen LogP contribution in [0.2, 0.25) is 0 Å². The minimum Gasteiger partial charge on any atom is -0.309 e. The summed E-state index contributed by atoms with van der Waals surface area (Å²) in [6, 6.07) is 76.2. The van der Waals surface area contributed by atoms with Gasteiger partial charge in [-0.3, -0.25) is 4.57 Å². The van der Waals surface area contributed by atoms with Gasteiger partial charge in [0.05, 0.1) is 33.5 Å². The molecular formula is C56H36N6. The molecule has 290 valence electrons. The average molecular weight is 793 g/mol. The van der Waals surface area contributed by atoms with Gasteiger partial charge >= 0.3 is 0 Å². The third-order valence-electron chi connectivity index (χ3n) is 11.8. The highest BCUT2D eigenvalue weighted by atomic mass is 15.2. The van der Waals surface area contributed by atoms with E-state index < -0.39 is 0 Å². The maximum absolute atomic E-state index is 5.29. The van der Waals surface area contributed by atoms with Gasteiger partial charge in [-0.05, 0) is 59.7 Å². The second-order valence-electron chi connectivity index (χ2n) is 15.5. The Morgan fingerprint density at radius 3 is 1.37 bits per heavy atom. The molecule has 4 heterocycles. The van der Waals surface area contributed by atoms with Crippen molar-refractivity contribution in [3.63, 3.8) is 0 Å². The predicted octanol–water partition coefficient (Wildman–Crippen LogP) is 13.8. The monoisotopic (exact) mass is 792 g/mol. The van der Waals surface area contributed by atoms with E-state index in [1.165, 1.54) is 21.9 Å². The van der Waals surface area contributed by atoms with Crippen molar-refractivity contribution in [2.24, 2.45) is 0 Å². The van der Waals surface area contributed by atoms with Gasteiger partial charge in [-0.25, -0.2) is 9.97 Å². The predicted molar refractivity (Wildman–Crippen MR) is 253 cm³/mol. The van der Waals surface area contributed by atoms with Crippen LogP contribution >= 0.6 is 0 Å². The van der Waals surface area contributed by atoms with Gasteiger partial charge in [-0.15, -0.1) is 0 Å². The molecule has 0 aliphatic heterocycles. The molecule has 62 heavy (non-hydrogen) atoms. The van der Waals surface area contributed by atoms with Gasteiger partial charge in [0.2, 0.25) is 5.95 Å². The lowest BCUT2D eigenvalue weighted by Crippen LogP contribution is -2.06. The third-order valence-corrected chi connectivity index (χ3v) is 11.8. The van der Waals surface area contributed by atoms with E-state index in [0.29, 0.717) is 17.6 Å². The second kappa shape index (κ2) is 14.7. The van der Waals surface area contributed by atoms with Crippen molar-refractivity contribution in [1.29, 1.82) is 0 Å². The number of aromatic nitrogens is 6. The molecule has 0 saturated carbocycles. The zero-order chi connectivity index (χ0) is 41.0. The summed E-state index contributed by atoms with van der Waals surface area (Å²) in [5, 5.41) is 4.65. The Balaban J connectivity index is 1.06. The van der Waals surface area contributed by atoms with Crippen molar-refractivity contribution in [3.8, 4) is 68.1 Å². The van der Waals surface area contributed by atoms with Crippen LogP contribution < -0.4 is 0 Å². The zero-order valence-electron chi connectivity index (χ0n) is 33.5. The summed E-state index contributed by atoms with van der Waals surface area (Å²) in [6.45, 7) is 0. The molecule has 0 saturated heterocycles. The molecule has 12 aromatic rings. The highest BCUT2D eigenvalue weighted by molar-refractivity contribution is 6.19. The van der Waals surface area contributed by atoms with Crippen LogP contribution in [0.4, 0.5) is 0 Å². The molecule has 8 aromatic carbocycles. The molecule has 0 aliphatic carbocycles. The Morgan fingerprint density at radius 1 is 0.258 bits per heavy atom. The molecule has 0 radical (unpaired) electrons. The fourth-order valence-corrected chi connectivity index (χ4v) is 8.85. The smallest absolute Gasteiger partial charge is 0.238 e. The van der Waals surface area contributed by atoms with Gasteiger partial charge in [0.15, 0.2) is 11.6 Å². The number of benzene rings is 8. The standard InChI is InChI=1S/C56H36N6/c1-4-16-37(17-5-1)42-22-14-23-43(34-42)61-50-28-12-10-24-44(50)46-35-47-45-25-11-13-29-51(45)62(53(47)36-52(46)61)56-59-54(40-20-8-3-9-21-40)58-55(60-56)41-32-30-39(31-33-41)49-27-15-26-48(57-49)38-18-6-2-7-19-38/h1-36H. The Bertz CT molecular complexity index is 3610. The maximum Gasteiger partial charge on any atom is 0.238 e. The van der Waals surface area contributed by atoms with Crippen LogP contribution in [-0.2, 0) is 0 Å². The molecule has 0 bridgehead atoms. The Labute approximate surface area is 357 Å². The molecule has 0 unspecified atom stereocenters. The van der Waals surface area contributed by atoms with Crippen LogP contribution in [0.5, 0.6) is 0 Å². The quantitative estimate of drug-likeness (QED) is 0.161. The van der Waals surface area contributed by atoms with Crippen LogP contribution in [-0.4, -0.2) is 29.1 Å². The fraction of sp³-hybridized carbons (Fsp3) is 0. The molecular weight excluding hydrogens is 757 g/mol. The van der Waals surface area contributed by atoms with Gasteiger partial charge in [0, 0.05) is 49.5 Å². The summed E-state index contributed by atoms with van der Waals surface area (Å²) >= 11 is 0. The molecule has 6 heteroatoms. The second-order valence-corrected chi connectivity index (χ2v) is 15.5. The van der Waals surface area contributed by atoms with Crippen LogP contribution in [0, 0.1) is 0 Å². The number of fused-ring (bicyclic) bond motifs is 6. The van der Waals surface area contributed by atoms with E-state index in [9.17, 15) is 0 Å². The molecule has 6 nitrogen and oxygen atoms in total. The lowest BCUT2D eigenvalue weighted by molar-refractivity contribution is 0.953. The van der Waals surface area contributed by atoms with Crippen LogP contribution in [0.1, 0.15) is 0 Å². The molecule has 12 rings (SSSR count). The van der Waals surface area contributed by atoms with E-state index in [2.05, 4.69) is 185 Å². The van der Waals surface area contributed by atoms with Crippen LogP contribution in [0.15, 0.2) is 218 Å². The number of hydrogen-bond donors (Lipinski definition) is 0. The van der Waals surface area contributed by atoms with Crippen LogP contribution in [0.3, 0.4) is 0 Å². The van der Waals surface area contributed by atoms with Gasteiger partial charge in [0.25, 0.3) is 0 Å². The van der Waals surface area contributed by atoms with E-state index in [1.807, 2.05) is 42.5 Å². The number of hydrogen-bond acceptors (Lipinski definition) is 4. The maximum atomic E-state index is 5.29. The van der Waals surface area contributed by atoms with E-state index in [4.69, 9.17) is 19.9 Å². The van der Waals surface area contributed by atoms with Crippen molar-refractivity contribution >= 4 is 43.6 Å². The summed E-state index contributed by atoms with van der Waals surface area (Å²) in [6.07, 6.45) is 0. The topological polar surface area (TPSA) is 61.4 Å². The van der Waals surface area contributed by atoms with E-state index >= 15 is 0 Å². The van der Waals surface area contributed by atoms with Gasteiger partial charge in [0.1, 0.15) is 0 Å². The fourth-order valence-electron chi connectivity index (χ4n) is 8.85. The lowest BCUT2D eigenvalue weighted by Gasteiger charge is -2.12. The Kier molecular flexibility index (Phi) is 8.38. The first-order valence-corrected chi connectivity index (χ1v) is 20.8. The van der Waals surface area contributed by atoms with Crippen molar-refractivity contribution in [1.82, 2.24) is 29.1 Å². The molecule has 4 aromatic heterocycles. The third kappa shape index (κ3) is 6.04. The highest BCUT2D eigenvalue weighted by Crippen LogP contribution is 2.40. The minimum atomic E-state index is 0.550. The Morgan fingerprint density at radius 2 is 0.726 bits per heavy atom. The van der Waals surface area contributed by atoms with Crippen molar-refractivity contribution in [2.45, 2.75) is 0 Å². The Hall–Kier alpha value is -8.48. The average Bonchev–Trinajstić information content (AvgIpc) is 3.86. The summed E-state index contributed by atoms with van der Waals surface area (Å²) in [7, 11) is 0. The lowest BCUT2D eigenvalue weighted by atomic mass is 10.1. The van der Waals surface area contributed by atoms with Crippen molar-refractivity contribution in [2.75, 3.05) is 0 Å². The largest absolute Gasteiger partial charge is 0.309 e. The van der Waals surface area contributed by atoms with E-state index in [-0.39, 0.29) is 0 Å². The number of nitrogens with zero attached hydrogens (tertiary/aromatic N) is 6. The van der Waals surface area contributed by atoms with Crippen molar-refractivity contribution < 1.29 is 0 Å². The highest BCUT2D eigenvalue weighted by Gasteiger charge is 2.21. The molecule has 0 spiro atoms. The SMILES string of the molecule is c1ccc(-c2cccc(-n3c4ccccc4c4cc5c6ccccc6n(-c6nc(-c7ccccc7)nc(-c7ccc(-c8cccc(-c9ccccc9)n8)cc7)n6)c5cc43)c2)cc1. The van der Waals surface area contributed by atoms with E-state index in [1.54, 1.807) is 0 Å².